The van der Waals surface area contributed by atoms with Crippen molar-refractivity contribution in [3.05, 3.63) is 58.1 Å². The molecule has 1 unspecified atom stereocenters. The van der Waals surface area contributed by atoms with Gasteiger partial charge in [-0.3, -0.25) is 19.4 Å². The minimum absolute atomic E-state index is 0.00169. The van der Waals surface area contributed by atoms with Gasteiger partial charge in [0.15, 0.2) is 0 Å². The van der Waals surface area contributed by atoms with Crippen molar-refractivity contribution in [1.29, 1.82) is 0 Å². The van der Waals surface area contributed by atoms with Gasteiger partial charge in [0.25, 0.3) is 0 Å². The van der Waals surface area contributed by atoms with Crippen LogP contribution in [-0.4, -0.2) is 60.4 Å². The maximum Gasteiger partial charge on any atom is 0.241 e. The van der Waals surface area contributed by atoms with Crippen LogP contribution in [0.1, 0.15) is 18.1 Å². The summed E-state index contributed by atoms with van der Waals surface area (Å²) in [5.41, 5.74) is 3.92. The number of carbonyl (C=O) groups excluding carboxylic acids is 2. The quantitative estimate of drug-likeness (QED) is 0.673. The van der Waals surface area contributed by atoms with Crippen LogP contribution in [0.3, 0.4) is 0 Å². The summed E-state index contributed by atoms with van der Waals surface area (Å²) >= 11 is 3.40. The highest BCUT2D eigenvalue weighted by molar-refractivity contribution is 9.10. The third-order valence-electron chi connectivity index (χ3n) is 5.69. The van der Waals surface area contributed by atoms with Gasteiger partial charge in [-0.25, -0.2) is 0 Å². The van der Waals surface area contributed by atoms with Gasteiger partial charge >= 0.3 is 0 Å². The molecule has 1 atom stereocenters. The predicted molar refractivity (Wildman–Crippen MR) is 125 cm³/mol. The van der Waals surface area contributed by atoms with E-state index in [-0.39, 0.29) is 17.9 Å². The normalized spacial score (nSPS) is 16.1. The lowest BCUT2D eigenvalue weighted by atomic mass is 10.1. The van der Waals surface area contributed by atoms with Crippen molar-refractivity contribution >= 4 is 39.1 Å². The van der Waals surface area contributed by atoms with Crippen molar-refractivity contribution in [3.8, 4) is 0 Å². The summed E-state index contributed by atoms with van der Waals surface area (Å²) in [5.74, 6) is -0.0170. The van der Waals surface area contributed by atoms with E-state index in [1.54, 1.807) is 0 Å². The molecule has 1 heterocycles. The Bertz CT molecular complexity index is 893. The van der Waals surface area contributed by atoms with Crippen LogP contribution >= 0.6 is 15.9 Å². The number of hydrogen-bond acceptors (Lipinski definition) is 4. The fraction of sp³-hybridized carbons (Fsp3) is 0.391. The second-order valence-electron chi connectivity index (χ2n) is 7.78. The number of nitrogens with one attached hydrogen (secondary N) is 2. The van der Waals surface area contributed by atoms with E-state index in [1.165, 1.54) is 0 Å². The third kappa shape index (κ3) is 5.90. The average molecular weight is 473 g/mol. The van der Waals surface area contributed by atoms with Crippen molar-refractivity contribution in [2.45, 2.75) is 26.8 Å². The van der Waals surface area contributed by atoms with Crippen molar-refractivity contribution < 1.29 is 9.59 Å². The van der Waals surface area contributed by atoms with Crippen LogP contribution in [0.5, 0.6) is 0 Å². The van der Waals surface area contributed by atoms with Gasteiger partial charge in [0.2, 0.25) is 11.8 Å². The predicted octanol–water partition coefficient (Wildman–Crippen LogP) is 3.65. The summed E-state index contributed by atoms with van der Waals surface area (Å²) in [6.07, 6.45) is 0. The Kier molecular flexibility index (Phi) is 7.64. The van der Waals surface area contributed by atoms with Crippen LogP contribution in [0.15, 0.2) is 46.9 Å². The lowest BCUT2D eigenvalue weighted by molar-refractivity contribution is -0.122. The number of nitrogens with zero attached hydrogens (tertiary/aromatic N) is 2. The fourth-order valence-corrected chi connectivity index (χ4v) is 3.80. The molecule has 0 bridgehead atoms. The lowest BCUT2D eigenvalue weighted by Gasteiger charge is -2.37. The molecule has 0 aliphatic carbocycles. The number of piperazine rings is 1. The van der Waals surface area contributed by atoms with Crippen LogP contribution in [0.2, 0.25) is 0 Å². The topological polar surface area (TPSA) is 64.7 Å². The zero-order valence-electron chi connectivity index (χ0n) is 17.7. The summed E-state index contributed by atoms with van der Waals surface area (Å²) in [5, 5.41) is 5.99. The van der Waals surface area contributed by atoms with Crippen LogP contribution in [-0.2, 0) is 9.59 Å². The zero-order valence-corrected chi connectivity index (χ0v) is 19.3. The molecule has 160 valence electrons. The average Bonchev–Trinajstić information content (AvgIpc) is 2.73. The van der Waals surface area contributed by atoms with Crippen molar-refractivity contribution in [2.24, 2.45) is 0 Å². The first-order chi connectivity index (χ1) is 14.3. The molecule has 0 aromatic heterocycles. The highest BCUT2D eigenvalue weighted by atomic mass is 79.9. The number of hydrogen-bond donors (Lipinski definition) is 2. The molecule has 2 N–H and O–H groups in total. The van der Waals surface area contributed by atoms with Gasteiger partial charge in [-0.15, -0.1) is 0 Å². The highest BCUT2D eigenvalue weighted by Crippen LogP contribution is 2.18. The van der Waals surface area contributed by atoms with Crippen LogP contribution in [0.4, 0.5) is 11.4 Å². The van der Waals surface area contributed by atoms with Gasteiger partial charge in [0.05, 0.1) is 12.6 Å². The number of benzene rings is 2. The molecule has 3 rings (SSSR count). The summed E-state index contributed by atoms with van der Waals surface area (Å²) in [7, 11) is 0. The molecule has 30 heavy (non-hydrogen) atoms. The van der Waals surface area contributed by atoms with E-state index in [9.17, 15) is 9.59 Å². The Morgan fingerprint density at radius 2 is 1.67 bits per heavy atom. The molecule has 2 aromatic rings. The zero-order chi connectivity index (χ0) is 21.7. The molecule has 7 heteroatoms. The molecule has 1 aliphatic rings. The molecule has 0 spiro atoms. The van der Waals surface area contributed by atoms with E-state index >= 15 is 0 Å². The Morgan fingerprint density at radius 1 is 1.00 bits per heavy atom. The van der Waals surface area contributed by atoms with Crippen LogP contribution in [0, 0.1) is 13.8 Å². The Morgan fingerprint density at radius 3 is 2.33 bits per heavy atom. The summed E-state index contributed by atoms with van der Waals surface area (Å²) < 4.78 is 0.978. The number of anilines is 2. The molecule has 1 aliphatic heterocycles. The Labute approximate surface area is 186 Å². The first-order valence-electron chi connectivity index (χ1n) is 10.2. The molecule has 6 nitrogen and oxygen atoms in total. The van der Waals surface area contributed by atoms with Gasteiger partial charge in [-0.2, -0.15) is 0 Å². The van der Waals surface area contributed by atoms with Gasteiger partial charge in [-0.05, 0) is 62.2 Å². The summed E-state index contributed by atoms with van der Waals surface area (Å²) in [6.45, 7) is 9.38. The monoisotopic (exact) mass is 472 g/mol. The second-order valence-corrected chi connectivity index (χ2v) is 8.70. The smallest absolute Gasteiger partial charge is 0.241 e. The first kappa shape index (κ1) is 22.5. The molecule has 2 aromatic carbocycles. The van der Waals surface area contributed by atoms with E-state index in [0.717, 1.165) is 53.2 Å². The van der Waals surface area contributed by atoms with Gasteiger partial charge in [0.1, 0.15) is 0 Å². The molecule has 2 amide bonds. The Hall–Kier alpha value is -2.22. The Balaban J connectivity index is 1.45. The molecular weight excluding hydrogens is 444 g/mol. The van der Waals surface area contributed by atoms with Gasteiger partial charge in [-0.1, -0.05) is 28.1 Å². The van der Waals surface area contributed by atoms with Crippen molar-refractivity contribution in [2.75, 3.05) is 43.4 Å². The van der Waals surface area contributed by atoms with Crippen LogP contribution in [0.25, 0.3) is 0 Å². The second kappa shape index (κ2) is 10.2. The van der Waals surface area contributed by atoms with E-state index in [0.29, 0.717) is 6.54 Å². The van der Waals surface area contributed by atoms with Crippen LogP contribution < -0.4 is 10.6 Å². The summed E-state index contributed by atoms with van der Waals surface area (Å²) in [4.78, 5) is 29.3. The van der Waals surface area contributed by atoms with Crippen molar-refractivity contribution in [3.63, 3.8) is 0 Å². The first-order valence-corrected chi connectivity index (χ1v) is 11.0. The standard InChI is InChI=1S/C23H29BrN4O2/c1-16-5-4-6-21(17(16)2)26-22(29)15-27-11-13-28(14-12-27)18(3)23(30)25-20-9-7-19(24)8-10-20/h4-10,18H,11-15H2,1-3H3,(H,25,30)(H,26,29). The van der Waals surface area contributed by atoms with E-state index in [1.807, 2.05) is 63.2 Å². The van der Waals surface area contributed by atoms with Gasteiger partial charge < -0.3 is 10.6 Å². The van der Waals surface area contributed by atoms with E-state index in [4.69, 9.17) is 0 Å². The van der Waals surface area contributed by atoms with E-state index < -0.39 is 0 Å². The largest absolute Gasteiger partial charge is 0.325 e. The SMILES string of the molecule is Cc1cccc(NC(=O)CN2CCN(C(C)C(=O)Nc3ccc(Br)cc3)CC2)c1C. The number of carbonyl (C=O) groups is 2. The lowest BCUT2D eigenvalue weighted by Crippen LogP contribution is -2.53. The number of rotatable bonds is 6. The summed E-state index contributed by atoms with van der Waals surface area (Å²) in [6, 6.07) is 13.3. The minimum Gasteiger partial charge on any atom is -0.325 e. The maximum absolute atomic E-state index is 12.6. The number of halogens is 1. The molecule has 1 saturated heterocycles. The number of amides is 2. The molecular formula is C23H29BrN4O2. The maximum atomic E-state index is 12.6. The molecule has 0 saturated carbocycles. The third-order valence-corrected chi connectivity index (χ3v) is 6.22. The minimum atomic E-state index is -0.223. The van der Waals surface area contributed by atoms with E-state index in [2.05, 4.69) is 36.4 Å². The highest BCUT2D eigenvalue weighted by Gasteiger charge is 2.26. The van der Waals surface area contributed by atoms with Gasteiger partial charge in [0, 0.05) is 42.0 Å². The number of aryl methyl sites for hydroxylation is 1. The van der Waals surface area contributed by atoms with Crippen molar-refractivity contribution in [1.82, 2.24) is 9.80 Å². The molecule has 0 radical (unpaired) electrons. The fourth-order valence-electron chi connectivity index (χ4n) is 3.53. The molecule has 1 fully saturated rings.